The zero-order valence-corrected chi connectivity index (χ0v) is 9.50. The van der Waals surface area contributed by atoms with Crippen LogP contribution in [0.4, 0.5) is 11.4 Å². The number of anilines is 2. The highest BCUT2D eigenvalue weighted by Crippen LogP contribution is 2.43. The van der Waals surface area contributed by atoms with Gasteiger partial charge in [0.25, 0.3) is 0 Å². The molecule has 0 amide bonds. The average molecular weight is 242 g/mol. The molecule has 88 valence electrons. The first kappa shape index (κ1) is 11.2. The summed E-state index contributed by atoms with van der Waals surface area (Å²) >= 11 is 0. The van der Waals surface area contributed by atoms with E-state index in [1.807, 2.05) is 0 Å². The summed E-state index contributed by atoms with van der Waals surface area (Å²) in [4.78, 5) is 0. The molecule has 1 aromatic carbocycles. The fourth-order valence-corrected chi connectivity index (χ4v) is 2.98. The molecule has 1 aromatic rings. The van der Waals surface area contributed by atoms with Gasteiger partial charge in [0.1, 0.15) is 4.75 Å². The third-order valence-corrected chi connectivity index (χ3v) is 4.99. The van der Waals surface area contributed by atoms with E-state index >= 15 is 0 Å². The quantitative estimate of drug-likeness (QED) is 0.672. The third kappa shape index (κ3) is 1.85. The van der Waals surface area contributed by atoms with Crippen LogP contribution in [0.2, 0.25) is 0 Å². The van der Waals surface area contributed by atoms with Gasteiger partial charge in [0.15, 0.2) is 0 Å². The molecule has 0 heterocycles. The number of nitrogen functional groups attached to an aromatic ring is 1. The van der Waals surface area contributed by atoms with Crippen molar-refractivity contribution in [2.24, 2.45) is 0 Å². The van der Waals surface area contributed by atoms with Crippen molar-refractivity contribution < 1.29 is 13.5 Å². The maximum absolute atomic E-state index is 11.9. The first-order chi connectivity index (χ1) is 7.49. The second kappa shape index (κ2) is 3.64. The molecule has 0 saturated heterocycles. The Balaban J connectivity index is 2.22. The molecule has 1 aliphatic carbocycles. The highest BCUT2D eigenvalue weighted by atomic mass is 32.2. The van der Waals surface area contributed by atoms with Gasteiger partial charge in [-0.05, 0) is 31.0 Å². The van der Waals surface area contributed by atoms with Crippen LogP contribution in [0.5, 0.6) is 0 Å². The summed E-state index contributed by atoms with van der Waals surface area (Å²) in [7, 11) is -3.52. The lowest BCUT2D eigenvalue weighted by atomic mass is 10.3. The largest absolute Gasteiger partial charge is 0.399 e. The molecule has 6 heteroatoms. The maximum Gasteiger partial charge on any atom is 0.240 e. The number of sulfonamides is 1. The Kier molecular flexibility index (Phi) is 2.55. The van der Waals surface area contributed by atoms with E-state index in [0.717, 1.165) is 0 Å². The lowest BCUT2D eigenvalue weighted by Gasteiger charge is -2.15. The molecular weight excluding hydrogens is 228 g/mol. The molecule has 1 aliphatic rings. The number of benzene rings is 1. The first-order valence-corrected chi connectivity index (χ1v) is 6.46. The van der Waals surface area contributed by atoms with Crippen molar-refractivity contribution in [3.05, 3.63) is 24.3 Å². The smallest absolute Gasteiger partial charge is 0.240 e. The lowest BCUT2D eigenvalue weighted by molar-refractivity contribution is 0.284. The zero-order chi connectivity index (χ0) is 11.8. The van der Waals surface area contributed by atoms with Gasteiger partial charge in [-0.2, -0.15) is 0 Å². The molecule has 4 N–H and O–H groups in total. The minimum absolute atomic E-state index is 0.343. The van der Waals surface area contributed by atoms with Gasteiger partial charge in [0.2, 0.25) is 10.0 Å². The molecule has 1 saturated carbocycles. The van der Waals surface area contributed by atoms with Crippen molar-refractivity contribution >= 4 is 21.4 Å². The standard InChI is InChI=1S/C10H14N2O3S/c11-8-2-1-3-9(6-8)12-16(14,15)10(7-13)4-5-10/h1-3,6,12-13H,4-5,7,11H2. The predicted octanol–water partition coefficient (Wildman–Crippen LogP) is 0.535. The second-order valence-electron chi connectivity index (χ2n) is 4.07. The molecule has 16 heavy (non-hydrogen) atoms. The number of hydrogen-bond acceptors (Lipinski definition) is 4. The Hall–Kier alpha value is -1.27. The van der Waals surface area contributed by atoms with Gasteiger partial charge in [0.05, 0.1) is 12.3 Å². The summed E-state index contributed by atoms with van der Waals surface area (Å²) in [6.45, 7) is -0.343. The maximum atomic E-state index is 11.9. The molecule has 0 unspecified atom stereocenters. The molecule has 0 atom stereocenters. The predicted molar refractivity (Wildman–Crippen MR) is 62.4 cm³/mol. The minimum Gasteiger partial charge on any atom is -0.399 e. The summed E-state index contributed by atoms with van der Waals surface area (Å²) in [5, 5.41) is 9.08. The van der Waals surface area contributed by atoms with Crippen molar-refractivity contribution in [2.45, 2.75) is 17.6 Å². The van der Waals surface area contributed by atoms with Crippen LogP contribution >= 0.6 is 0 Å². The molecule has 0 radical (unpaired) electrons. The molecule has 0 aromatic heterocycles. The van der Waals surface area contributed by atoms with Crippen LogP contribution in [-0.2, 0) is 10.0 Å². The third-order valence-electron chi connectivity index (χ3n) is 2.80. The van der Waals surface area contributed by atoms with E-state index in [9.17, 15) is 8.42 Å². The molecule has 5 nitrogen and oxygen atoms in total. The van der Waals surface area contributed by atoms with Crippen molar-refractivity contribution in [3.8, 4) is 0 Å². The second-order valence-corrected chi connectivity index (χ2v) is 6.15. The van der Waals surface area contributed by atoms with Crippen molar-refractivity contribution in [1.82, 2.24) is 0 Å². The monoisotopic (exact) mass is 242 g/mol. The van der Waals surface area contributed by atoms with Crippen LogP contribution in [0, 0.1) is 0 Å². The topological polar surface area (TPSA) is 92.4 Å². The summed E-state index contributed by atoms with van der Waals surface area (Å²) in [5.41, 5.74) is 6.48. The average Bonchev–Trinajstić information content (AvgIpc) is 2.97. The molecule has 0 spiro atoms. The van der Waals surface area contributed by atoms with Crippen LogP contribution < -0.4 is 10.5 Å². The van der Waals surface area contributed by atoms with Gasteiger partial charge in [0, 0.05) is 5.69 Å². The molecule has 1 fully saturated rings. The van der Waals surface area contributed by atoms with Crippen LogP contribution in [0.1, 0.15) is 12.8 Å². The van der Waals surface area contributed by atoms with Crippen LogP contribution in [0.15, 0.2) is 24.3 Å². The van der Waals surface area contributed by atoms with E-state index in [0.29, 0.717) is 24.2 Å². The molecule has 0 aliphatic heterocycles. The molecule has 2 rings (SSSR count). The fraction of sp³-hybridized carbons (Fsp3) is 0.400. The fourth-order valence-electron chi connectivity index (χ4n) is 1.52. The van der Waals surface area contributed by atoms with Gasteiger partial charge in [-0.3, -0.25) is 4.72 Å². The number of nitrogens with one attached hydrogen (secondary N) is 1. The van der Waals surface area contributed by atoms with E-state index in [-0.39, 0.29) is 6.61 Å². The first-order valence-electron chi connectivity index (χ1n) is 4.98. The van der Waals surface area contributed by atoms with Gasteiger partial charge >= 0.3 is 0 Å². The van der Waals surface area contributed by atoms with E-state index in [2.05, 4.69) is 4.72 Å². The normalized spacial score (nSPS) is 18.1. The van der Waals surface area contributed by atoms with Crippen LogP contribution in [-0.4, -0.2) is 24.9 Å². The van der Waals surface area contributed by atoms with Gasteiger partial charge < -0.3 is 10.8 Å². The minimum atomic E-state index is -3.52. The van der Waals surface area contributed by atoms with Gasteiger partial charge in [-0.25, -0.2) is 8.42 Å². The molecule has 0 bridgehead atoms. The van der Waals surface area contributed by atoms with Gasteiger partial charge in [-0.1, -0.05) is 6.07 Å². The number of hydrogen-bond donors (Lipinski definition) is 3. The van der Waals surface area contributed by atoms with Gasteiger partial charge in [-0.15, -0.1) is 0 Å². The number of rotatable bonds is 4. The van der Waals surface area contributed by atoms with E-state index in [1.54, 1.807) is 24.3 Å². The summed E-state index contributed by atoms with van der Waals surface area (Å²) < 4.78 is 25.3. The number of nitrogens with two attached hydrogens (primary N) is 1. The number of aliphatic hydroxyl groups is 1. The summed E-state index contributed by atoms with van der Waals surface area (Å²) in [5.74, 6) is 0. The van der Waals surface area contributed by atoms with E-state index in [4.69, 9.17) is 10.8 Å². The Morgan fingerprint density at radius 2 is 2.12 bits per heavy atom. The molecular formula is C10H14N2O3S. The van der Waals surface area contributed by atoms with Crippen molar-refractivity contribution in [1.29, 1.82) is 0 Å². The SMILES string of the molecule is Nc1cccc(NS(=O)(=O)C2(CO)CC2)c1. The Morgan fingerprint density at radius 1 is 1.44 bits per heavy atom. The Bertz CT molecular complexity index is 495. The number of aliphatic hydroxyl groups excluding tert-OH is 1. The van der Waals surface area contributed by atoms with E-state index < -0.39 is 14.8 Å². The highest BCUT2D eigenvalue weighted by molar-refractivity contribution is 7.94. The zero-order valence-electron chi connectivity index (χ0n) is 8.68. The summed E-state index contributed by atoms with van der Waals surface area (Å²) in [6.07, 6.45) is 1.00. The van der Waals surface area contributed by atoms with Crippen LogP contribution in [0.25, 0.3) is 0 Å². The highest BCUT2D eigenvalue weighted by Gasteiger charge is 2.54. The van der Waals surface area contributed by atoms with Crippen molar-refractivity contribution in [2.75, 3.05) is 17.1 Å². The summed E-state index contributed by atoms with van der Waals surface area (Å²) in [6, 6.07) is 6.52. The Morgan fingerprint density at radius 3 is 2.62 bits per heavy atom. The Labute approximate surface area is 94.3 Å². The lowest BCUT2D eigenvalue weighted by Crippen LogP contribution is -2.32. The van der Waals surface area contributed by atoms with Crippen molar-refractivity contribution in [3.63, 3.8) is 0 Å². The van der Waals surface area contributed by atoms with E-state index in [1.165, 1.54) is 0 Å². The van der Waals surface area contributed by atoms with Crippen LogP contribution in [0.3, 0.4) is 0 Å².